The first-order valence-corrected chi connectivity index (χ1v) is 12.5. The number of carbonyl (C=O) groups is 1. The fourth-order valence-corrected chi connectivity index (χ4v) is 5.39. The van der Waals surface area contributed by atoms with E-state index in [9.17, 15) is 13.2 Å². The Morgan fingerprint density at radius 2 is 2.07 bits per heavy atom. The fourth-order valence-electron chi connectivity index (χ4n) is 3.92. The van der Waals surface area contributed by atoms with E-state index in [2.05, 4.69) is 15.0 Å². The number of rotatable bonds is 5. The van der Waals surface area contributed by atoms with Crippen LogP contribution in [0.2, 0.25) is 0 Å². The van der Waals surface area contributed by atoms with E-state index in [1.807, 2.05) is 17.5 Å². The highest BCUT2D eigenvalue weighted by molar-refractivity contribution is 7.88. The van der Waals surface area contributed by atoms with E-state index in [-0.39, 0.29) is 11.8 Å². The zero-order chi connectivity index (χ0) is 20.4. The van der Waals surface area contributed by atoms with Crippen LogP contribution in [-0.2, 0) is 21.4 Å². The molecule has 0 N–H and O–H groups in total. The molecule has 158 valence electrons. The van der Waals surface area contributed by atoms with Crippen molar-refractivity contribution in [2.45, 2.75) is 19.4 Å². The third kappa shape index (κ3) is 4.85. The van der Waals surface area contributed by atoms with Gasteiger partial charge in [-0.1, -0.05) is 11.2 Å². The van der Waals surface area contributed by atoms with Crippen molar-refractivity contribution in [2.24, 2.45) is 5.92 Å². The van der Waals surface area contributed by atoms with Gasteiger partial charge in [0.2, 0.25) is 27.6 Å². The Balaban J connectivity index is 1.32. The minimum absolute atomic E-state index is 0.0757. The number of carbonyl (C=O) groups excluding carboxylic acids is 1. The van der Waals surface area contributed by atoms with Gasteiger partial charge in [0.1, 0.15) is 0 Å². The number of piperazine rings is 1. The first-order valence-electron chi connectivity index (χ1n) is 9.73. The van der Waals surface area contributed by atoms with Crippen molar-refractivity contribution in [3.05, 3.63) is 23.4 Å². The van der Waals surface area contributed by atoms with Crippen LogP contribution < -0.4 is 0 Å². The molecule has 2 aliphatic rings. The molecular weight excluding hydrogens is 414 g/mol. The van der Waals surface area contributed by atoms with Gasteiger partial charge in [0, 0.05) is 32.7 Å². The molecule has 2 aliphatic heterocycles. The van der Waals surface area contributed by atoms with E-state index in [0.717, 1.165) is 24.3 Å². The molecule has 11 heteroatoms. The monoisotopic (exact) mass is 439 g/mol. The summed E-state index contributed by atoms with van der Waals surface area (Å²) in [5, 5.41) is 6.02. The molecule has 0 bridgehead atoms. The number of thiophene rings is 1. The quantitative estimate of drug-likeness (QED) is 0.688. The molecule has 2 saturated heterocycles. The van der Waals surface area contributed by atoms with Gasteiger partial charge in [-0.25, -0.2) is 8.42 Å². The largest absolute Gasteiger partial charge is 0.340 e. The summed E-state index contributed by atoms with van der Waals surface area (Å²) in [6.07, 6.45) is 3.00. The molecule has 0 radical (unpaired) electrons. The summed E-state index contributed by atoms with van der Waals surface area (Å²) in [7, 11) is -3.19. The van der Waals surface area contributed by atoms with Crippen LogP contribution in [0, 0.1) is 5.92 Å². The topological polar surface area (TPSA) is 99.9 Å². The molecule has 29 heavy (non-hydrogen) atoms. The predicted molar refractivity (Wildman–Crippen MR) is 109 cm³/mol. The van der Waals surface area contributed by atoms with E-state index >= 15 is 0 Å². The van der Waals surface area contributed by atoms with E-state index in [1.165, 1.54) is 10.6 Å². The lowest BCUT2D eigenvalue weighted by molar-refractivity contribution is -0.138. The van der Waals surface area contributed by atoms with Crippen molar-refractivity contribution < 1.29 is 17.7 Å². The van der Waals surface area contributed by atoms with E-state index in [0.29, 0.717) is 51.0 Å². The minimum atomic E-state index is -3.19. The summed E-state index contributed by atoms with van der Waals surface area (Å²) >= 11 is 1.57. The lowest BCUT2D eigenvalue weighted by Crippen LogP contribution is -2.53. The van der Waals surface area contributed by atoms with Crippen LogP contribution in [0.4, 0.5) is 0 Å². The highest BCUT2D eigenvalue weighted by Crippen LogP contribution is 2.24. The first-order chi connectivity index (χ1) is 13.9. The number of hydrogen-bond acceptors (Lipinski definition) is 8. The number of nitrogens with zero attached hydrogens (tertiary/aromatic N) is 5. The van der Waals surface area contributed by atoms with E-state index in [1.54, 1.807) is 16.2 Å². The van der Waals surface area contributed by atoms with E-state index < -0.39 is 10.0 Å². The Labute approximate surface area is 174 Å². The Kier molecular flexibility index (Phi) is 6.00. The maximum atomic E-state index is 12.9. The van der Waals surface area contributed by atoms with Crippen LogP contribution in [0.3, 0.4) is 0 Å². The van der Waals surface area contributed by atoms with Crippen molar-refractivity contribution in [2.75, 3.05) is 45.5 Å². The zero-order valence-corrected chi connectivity index (χ0v) is 18.0. The smallest absolute Gasteiger partial charge is 0.241 e. The summed E-state index contributed by atoms with van der Waals surface area (Å²) < 4.78 is 30.1. The molecule has 0 saturated carbocycles. The average molecular weight is 440 g/mol. The molecule has 2 aromatic heterocycles. The Hall–Kier alpha value is -1.82. The predicted octanol–water partition coefficient (Wildman–Crippen LogP) is 1.11. The molecular formula is C18H25N5O4S2. The van der Waals surface area contributed by atoms with Gasteiger partial charge >= 0.3 is 0 Å². The maximum absolute atomic E-state index is 12.9. The van der Waals surface area contributed by atoms with Crippen molar-refractivity contribution in [1.29, 1.82) is 0 Å². The average Bonchev–Trinajstić information content (AvgIpc) is 3.39. The SMILES string of the molecule is CS(=O)(=O)N1CCN(C(=O)C2CCCN(Cc3nc(-c4cccs4)no3)C2)CC1. The van der Waals surface area contributed by atoms with Gasteiger partial charge in [0.25, 0.3) is 0 Å². The van der Waals surface area contributed by atoms with Crippen LogP contribution in [0.1, 0.15) is 18.7 Å². The zero-order valence-electron chi connectivity index (χ0n) is 16.4. The summed E-state index contributed by atoms with van der Waals surface area (Å²) in [5.74, 6) is 1.20. The van der Waals surface area contributed by atoms with Gasteiger partial charge in [0.15, 0.2) is 0 Å². The van der Waals surface area contributed by atoms with Crippen molar-refractivity contribution >= 4 is 27.3 Å². The second-order valence-electron chi connectivity index (χ2n) is 7.55. The van der Waals surface area contributed by atoms with Gasteiger partial charge in [-0.15, -0.1) is 11.3 Å². The molecule has 1 amide bonds. The molecule has 9 nitrogen and oxygen atoms in total. The number of piperidine rings is 1. The number of aromatic nitrogens is 2. The van der Waals surface area contributed by atoms with Crippen molar-refractivity contribution in [1.82, 2.24) is 24.2 Å². The van der Waals surface area contributed by atoms with Gasteiger partial charge in [-0.2, -0.15) is 9.29 Å². The second-order valence-corrected chi connectivity index (χ2v) is 10.5. The summed E-state index contributed by atoms with van der Waals surface area (Å²) in [4.78, 5) is 22.4. The summed E-state index contributed by atoms with van der Waals surface area (Å²) in [5.41, 5.74) is 0. The molecule has 1 atom stereocenters. The Morgan fingerprint density at radius 3 is 2.76 bits per heavy atom. The standard InChI is InChI=1S/C18H25N5O4S2/c1-29(25,26)23-9-7-22(8-10-23)18(24)14-4-2-6-21(12-14)13-16-19-17(20-27-16)15-5-3-11-28-15/h3,5,11,14H,2,4,6-10,12-13H2,1H3. The first kappa shape index (κ1) is 20.5. The van der Waals surface area contributed by atoms with Crippen LogP contribution in [0.15, 0.2) is 22.0 Å². The Bertz CT molecular complexity index is 935. The van der Waals surface area contributed by atoms with Crippen LogP contribution in [0.25, 0.3) is 10.7 Å². The normalized spacial score (nSPS) is 22.1. The van der Waals surface area contributed by atoms with Gasteiger partial charge < -0.3 is 9.42 Å². The van der Waals surface area contributed by atoms with Crippen LogP contribution in [-0.4, -0.2) is 84.1 Å². The van der Waals surface area contributed by atoms with E-state index in [4.69, 9.17) is 4.52 Å². The van der Waals surface area contributed by atoms with Crippen LogP contribution in [0.5, 0.6) is 0 Å². The van der Waals surface area contributed by atoms with Gasteiger partial charge in [0.05, 0.1) is 23.6 Å². The molecule has 4 heterocycles. The highest BCUT2D eigenvalue weighted by atomic mass is 32.2. The maximum Gasteiger partial charge on any atom is 0.241 e. The third-order valence-electron chi connectivity index (χ3n) is 5.44. The van der Waals surface area contributed by atoms with Crippen LogP contribution >= 0.6 is 11.3 Å². The number of amides is 1. The lowest BCUT2D eigenvalue weighted by Gasteiger charge is -2.38. The molecule has 0 aromatic carbocycles. The van der Waals surface area contributed by atoms with Crippen molar-refractivity contribution in [3.8, 4) is 10.7 Å². The Morgan fingerprint density at radius 1 is 1.28 bits per heavy atom. The van der Waals surface area contributed by atoms with Gasteiger partial charge in [-0.3, -0.25) is 9.69 Å². The van der Waals surface area contributed by atoms with Gasteiger partial charge in [-0.05, 0) is 30.8 Å². The molecule has 4 rings (SSSR count). The fraction of sp³-hybridized carbons (Fsp3) is 0.611. The third-order valence-corrected chi connectivity index (χ3v) is 7.61. The molecule has 0 aliphatic carbocycles. The molecule has 2 fully saturated rings. The summed E-state index contributed by atoms with van der Waals surface area (Å²) in [6, 6.07) is 3.91. The molecule has 2 aromatic rings. The summed E-state index contributed by atoms with van der Waals surface area (Å²) in [6.45, 7) is 3.73. The molecule has 0 spiro atoms. The molecule has 1 unspecified atom stereocenters. The van der Waals surface area contributed by atoms with Crippen molar-refractivity contribution in [3.63, 3.8) is 0 Å². The second kappa shape index (κ2) is 8.50. The minimum Gasteiger partial charge on any atom is -0.340 e. The number of sulfonamides is 1. The lowest BCUT2D eigenvalue weighted by atomic mass is 9.96. The number of hydrogen-bond donors (Lipinski definition) is 0. The number of likely N-dealkylation sites (tertiary alicyclic amines) is 1. The highest BCUT2D eigenvalue weighted by Gasteiger charge is 2.33.